The number of carbonyl (C=O) groups excluding carboxylic acids is 1. The molecule has 3 aromatic rings. The number of benzene rings is 2. The Kier molecular flexibility index (Phi) is 5.88. The summed E-state index contributed by atoms with van der Waals surface area (Å²) < 4.78 is 10.7. The number of carbonyl (C=O) groups is 1. The zero-order valence-corrected chi connectivity index (χ0v) is 15.0. The summed E-state index contributed by atoms with van der Waals surface area (Å²) in [5.41, 5.74) is 1.65. The molecular weight excluding hydrogens is 346 g/mol. The number of hydrogen-bond donors (Lipinski definition) is 2. The third-order valence-electron chi connectivity index (χ3n) is 4.23. The van der Waals surface area contributed by atoms with E-state index in [1.807, 2.05) is 31.2 Å². The summed E-state index contributed by atoms with van der Waals surface area (Å²) in [4.78, 5) is 23.6. The highest BCUT2D eigenvalue weighted by Gasteiger charge is 2.10. The predicted octanol–water partition coefficient (Wildman–Crippen LogP) is 2.58. The molecule has 1 amide bonds. The summed E-state index contributed by atoms with van der Waals surface area (Å²) in [6.07, 6.45) is -0.0633. The Bertz CT molecular complexity index is 981. The lowest BCUT2D eigenvalue weighted by Crippen LogP contribution is -2.32. The maximum absolute atomic E-state index is 11.9. The molecule has 0 aliphatic carbocycles. The summed E-state index contributed by atoms with van der Waals surface area (Å²) in [6, 6.07) is 15.7. The minimum atomic E-state index is -0.780. The second-order valence-corrected chi connectivity index (χ2v) is 6.12. The van der Waals surface area contributed by atoms with Crippen LogP contribution in [0.25, 0.3) is 11.0 Å². The number of nitrogens with one attached hydrogen (secondary N) is 1. The fourth-order valence-electron chi connectivity index (χ4n) is 2.80. The second kappa shape index (κ2) is 8.51. The first-order valence-corrected chi connectivity index (χ1v) is 8.76. The van der Waals surface area contributed by atoms with Gasteiger partial charge in [0.1, 0.15) is 11.3 Å². The molecule has 6 heteroatoms. The molecule has 0 bridgehead atoms. The maximum atomic E-state index is 11.9. The standard InChI is InChI=1S/C21H21NO5/c1-2-14-10-21(25)27-19-11-16(8-9-17(14)19)26-13-20(24)22-12-18(23)15-6-4-3-5-7-15/h3-11,18,23H,2,12-13H2,1H3,(H,22,24)/t18-/m0/s1. The van der Waals surface area contributed by atoms with Crippen molar-refractivity contribution in [2.45, 2.75) is 19.4 Å². The SMILES string of the molecule is CCc1cc(=O)oc2cc(OCC(=O)NC[C@H](O)c3ccccc3)ccc12. The number of hydrogen-bond acceptors (Lipinski definition) is 5. The molecule has 0 saturated carbocycles. The molecule has 0 spiro atoms. The largest absolute Gasteiger partial charge is 0.484 e. The Morgan fingerprint density at radius 2 is 1.96 bits per heavy atom. The number of fused-ring (bicyclic) bond motifs is 1. The van der Waals surface area contributed by atoms with Crippen molar-refractivity contribution in [2.24, 2.45) is 0 Å². The topological polar surface area (TPSA) is 88.8 Å². The molecule has 2 N–H and O–H groups in total. The van der Waals surface area contributed by atoms with E-state index in [4.69, 9.17) is 9.15 Å². The number of aryl methyl sites for hydroxylation is 1. The van der Waals surface area contributed by atoms with Crippen molar-refractivity contribution in [1.82, 2.24) is 5.32 Å². The molecule has 1 heterocycles. The van der Waals surface area contributed by atoms with Crippen molar-refractivity contribution in [1.29, 1.82) is 0 Å². The van der Waals surface area contributed by atoms with Crippen LogP contribution in [0, 0.1) is 0 Å². The molecule has 0 fully saturated rings. The summed E-state index contributed by atoms with van der Waals surface area (Å²) in [6.45, 7) is 1.86. The molecule has 3 rings (SSSR count). The Morgan fingerprint density at radius 1 is 1.19 bits per heavy atom. The van der Waals surface area contributed by atoms with Crippen LogP contribution in [0.5, 0.6) is 5.75 Å². The zero-order chi connectivity index (χ0) is 19.2. The fraction of sp³-hybridized carbons (Fsp3) is 0.238. The number of amides is 1. The van der Waals surface area contributed by atoms with Gasteiger partial charge in [-0.1, -0.05) is 37.3 Å². The van der Waals surface area contributed by atoms with Crippen LogP contribution in [0.15, 0.2) is 63.8 Å². The smallest absolute Gasteiger partial charge is 0.336 e. The predicted molar refractivity (Wildman–Crippen MR) is 102 cm³/mol. The Labute approximate surface area is 156 Å². The highest BCUT2D eigenvalue weighted by molar-refractivity contribution is 5.82. The summed E-state index contributed by atoms with van der Waals surface area (Å²) in [7, 11) is 0. The van der Waals surface area contributed by atoms with Crippen molar-refractivity contribution in [3.8, 4) is 5.75 Å². The maximum Gasteiger partial charge on any atom is 0.336 e. The minimum Gasteiger partial charge on any atom is -0.484 e. The van der Waals surface area contributed by atoms with Crippen molar-refractivity contribution >= 4 is 16.9 Å². The van der Waals surface area contributed by atoms with Gasteiger partial charge in [0, 0.05) is 24.1 Å². The number of ether oxygens (including phenoxy) is 1. The van der Waals surface area contributed by atoms with Crippen molar-refractivity contribution in [3.63, 3.8) is 0 Å². The highest BCUT2D eigenvalue weighted by atomic mass is 16.5. The number of aliphatic hydroxyl groups is 1. The summed E-state index contributed by atoms with van der Waals surface area (Å²) in [5, 5.41) is 13.5. The van der Waals surface area contributed by atoms with Crippen LogP contribution in [0.3, 0.4) is 0 Å². The molecular formula is C21H21NO5. The van der Waals surface area contributed by atoms with E-state index < -0.39 is 11.7 Å². The van der Waals surface area contributed by atoms with Crippen LogP contribution in [-0.4, -0.2) is 24.2 Å². The van der Waals surface area contributed by atoms with Gasteiger partial charge in [0.25, 0.3) is 5.91 Å². The van der Waals surface area contributed by atoms with Crippen LogP contribution in [0.4, 0.5) is 0 Å². The Balaban J connectivity index is 1.58. The third kappa shape index (κ3) is 4.74. The van der Waals surface area contributed by atoms with Crippen LogP contribution in [-0.2, 0) is 11.2 Å². The van der Waals surface area contributed by atoms with E-state index in [9.17, 15) is 14.7 Å². The molecule has 1 atom stereocenters. The fourth-order valence-corrected chi connectivity index (χ4v) is 2.80. The van der Waals surface area contributed by atoms with Gasteiger partial charge in [-0.15, -0.1) is 0 Å². The lowest BCUT2D eigenvalue weighted by Gasteiger charge is -2.13. The van der Waals surface area contributed by atoms with Crippen LogP contribution in [0.1, 0.15) is 24.2 Å². The van der Waals surface area contributed by atoms with Gasteiger partial charge in [0.05, 0.1) is 6.10 Å². The van der Waals surface area contributed by atoms with Gasteiger partial charge in [-0.2, -0.15) is 0 Å². The van der Waals surface area contributed by atoms with Crippen LogP contribution >= 0.6 is 0 Å². The lowest BCUT2D eigenvalue weighted by atomic mass is 10.1. The zero-order valence-electron chi connectivity index (χ0n) is 15.0. The van der Waals surface area contributed by atoms with E-state index in [2.05, 4.69) is 5.32 Å². The van der Waals surface area contributed by atoms with Crippen molar-refractivity contribution in [2.75, 3.05) is 13.2 Å². The molecule has 0 radical (unpaired) electrons. The molecule has 0 saturated heterocycles. The molecule has 0 unspecified atom stereocenters. The average molecular weight is 367 g/mol. The van der Waals surface area contributed by atoms with E-state index in [1.165, 1.54) is 6.07 Å². The van der Waals surface area contributed by atoms with E-state index in [1.54, 1.807) is 24.3 Å². The van der Waals surface area contributed by atoms with E-state index >= 15 is 0 Å². The van der Waals surface area contributed by atoms with Crippen LogP contribution in [0.2, 0.25) is 0 Å². The number of rotatable bonds is 7. The van der Waals surface area contributed by atoms with E-state index in [0.717, 1.165) is 16.5 Å². The first-order valence-electron chi connectivity index (χ1n) is 8.76. The normalized spacial score (nSPS) is 11.9. The van der Waals surface area contributed by atoms with E-state index in [0.29, 0.717) is 17.8 Å². The van der Waals surface area contributed by atoms with Gasteiger partial charge in [-0.25, -0.2) is 4.79 Å². The second-order valence-electron chi connectivity index (χ2n) is 6.12. The molecule has 2 aromatic carbocycles. The Morgan fingerprint density at radius 3 is 2.70 bits per heavy atom. The van der Waals surface area contributed by atoms with Crippen molar-refractivity contribution in [3.05, 3.63) is 76.1 Å². The van der Waals surface area contributed by atoms with Gasteiger partial charge in [-0.05, 0) is 29.7 Å². The first-order chi connectivity index (χ1) is 13.1. The van der Waals surface area contributed by atoms with Crippen molar-refractivity contribution < 1.29 is 19.1 Å². The minimum absolute atomic E-state index is 0.0959. The molecule has 140 valence electrons. The molecule has 0 aliphatic heterocycles. The lowest BCUT2D eigenvalue weighted by molar-refractivity contribution is -0.123. The molecule has 1 aromatic heterocycles. The molecule has 0 aliphatic rings. The monoisotopic (exact) mass is 367 g/mol. The quantitative estimate of drug-likeness (QED) is 0.627. The highest BCUT2D eigenvalue weighted by Crippen LogP contribution is 2.23. The third-order valence-corrected chi connectivity index (χ3v) is 4.23. The average Bonchev–Trinajstić information content (AvgIpc) is 2.70. The first kappa shape index (κ1) is 18.7. The van der Waals surface area contributed by atoms with Gasteiger partial charge in [-0.3, -0.25) is 4.79 Å². The van der Waals surface area contributed by atoms with Gasteiger partial charge < -0.3 is 19.6 Å². The van der Waals surface area contributed by atoms with E-state index in [-0.39, 0.29) is 19.1 Å². The Hall–Kier alpha value is -3.12. The van der Waals surface area contributed by atoms with Crippen LogP contribution < -0.4 is 15.7 Å². The van der Waals surface area contributed by atoms with Gasteiger partial charge >= 0.3 is 5.63 Å². The molecule has 6 nitrogen and oxygen atoms in total. The summed E-state index contributed by atoms with van der Waals surface area (Å²) in [5.74, 6) is 0.0755. The number of aliphatic hydroxyl groups excluding tert-OH is 1. The van der Waals surface area contributed by atoms with Gasteiger partial charge in [0.15, 0.2) is 6.61 Å². The molecule has 27 heavy (non-hydrogen) atoms. The summed E-state index contributed by atoms with van der Waals surface area (Å²) >= 11 is 0. The van der Waals surface area contributed by atoms with Gasteiger partial charge in [0.2, 0.25) is 0 Å².